The molecule has 1 heteroatoms. The van der Waals surface area contributed by atoms with Crippen LogP contribution in [-0.2, 0) is 19.3 Å². The van der Waals surface area contributed by atoms with Crippen LogP contribution in [-0.4, -0.2) is 5.78 Å². The molecule has 0 saturated carbocycles. The van der Waals surface area contributed by atoms with Crippen molar-refractivity contribution in [2.24, 2.45) is 0 Å². The summed E-state index contributed by atoms with van der Waals surface area (Å²) in [6.07, 6.45) is 2.92. The maximum atomic E-state index is 12.7. The van der Waals surface area contributed by atoms with Gasteiger partial charge in [0, 0.05) is 5.56 Å². The topological polar surface area (TPSA) is 17.1 Å². The molecule has 0 aromatic heterocycles. The summed E-state index contributed by atoms with van der Waals surface area (Å²) in [6.45, 7) is 4.32. The lowest BCUT2D eigenvalue weighted by Crippen LogP contribution is -2.25. The summed E-state index contributed by atoms with van der Waals surface area (Å²) >= 11 is 0. The van der Waals surface area contributed by atoms with Crippen molar-refractivity contribution in [3.63, 3.8) is 0 Å². The Morgan fingerprint density at radius 3 is 2.50 bits per heavy atom. The van der Waals surface area contributed by atoms with Gasteiger partial charge in [0.1, 0.15) is 0 Å². The van der Waals surface area contributed by atoms with Crippen LogP contribution in [0.3, 0.4) is 0 Å². The summed E-state index contributed by atoms with van der Waals surface area (Å²) in [5.41, 5.74) is 6.09. The van der Waals surface area contributed by atoms with Crippen LogP contribution >= 0.6 is 0 Å². The van der Waals surface area contributed by atoms with E-state index in [2.05, 4.69) is 38.1 Å². The summed E-state index contributed by atoms with van der Waals surface area (Å²) in [5, 5.41) is 0. The van der Waals surface area contributed by atoms with Crippen molar-refractivity contribution in [1.29, 1.82) is 0 Å². The van der Waals surface area contributed by atoms with Gasteiger partial charge in [-0.05, 0) is 47.6 Å². The predicted molar refractivity (Wildman–Crippen MR) is 82.4 cm³/mol. The smallest absolute Gasteiger partial charge is 0.170 e. The first kappa shape index (κ1) is 13.1. The van der Waals surface area contributed by atoms with E-state index in [9.17, 15) is 4.79 Å². The van der Waals surface area contributed by atoms with Gasteiger partial charge in [0.15, 0.2) is 5.78 Å². The number of hydrogen-bond donors (Lipinski definition) is 0. The van der Waals surface area contributed by atoms with E-state index >= 15 is 0 Å². The lowest BCUT2D eigenvalue weighted by atomic mass is 9.73. The molecule has 1 atom stereocenters. The highest BCUT2D eigenvalue weighted by molar-refractivity contribution is 6.02. The Morgan fingerprint density at radius 2 is 1.80 bits per heavy atom. The lowest BCUT2D eigenvalue weighted by Gasteiger charge is -2.29. The van der Waals surface area contributed by atoms with E-state index in [-0.39, 0.29) is 11.7 Å². The van der Waals surface area contributed by atoms with Gasteiger partial charge in [0.2, 0.25) is 0 Å². The second-order valence-electron chi connectivity index (χ2n) is 5.51. The maximum absolute atomic E-state index is 12.7. The predicted octanol–water partition coefficient (Wildman–Crippen LogP) is 4.33. The minimum absolute atomic E-state index is 0.0726. The van der Waals surface area contributed by atoms with Gasteiger partial charge in [-0.1, -0.05) is 50.2 Å². The molecule has 0 heterocycles. The highest BCUT2D eigenvalue weighted by atomic mass is 16.1. The van der Waals surface area contributed by atoms with Crippen LogP contribution in [0.4, 0.5) is 0 Å². The van der Waals surface area contributed by atoms with E-state index in [1.165, 1.54) is 22.3 Å². The molecule has 1 unspecified atom stereocenters. The highest BCUT2D eigenvalue weighted by Crippen LogP contribution is 2.37. The fourth-order valence-electron chi connectivity index (χ4n) is 3.15. The van der Waals surface area contributed by atoms with Gasteiger partial charge < -0.3 is 0 Å². The van der Waals surface area contributed by atoms with Gasteiger partial charge >= 0.3 is 0 Å². The van der Waals surface area contributed by atoms with Gasteiger partial charge in [-0.3, -0.25) is 4.79 Å². The van der Waals surface area contributed by atoms with Gasteiger partial charge in [0.05, 0.1) is 5.92 Å². The molecule has 0 saturated heterocycles. The number of fused-ring (bicyclic) bond motifs is 1. The molecule has 1 aliphatic carbocycles. The number of rotatable bonds is 4. The quantitative estimate of drug-likeness (QED) is 0.751. The molecule has 0 amide bonds. The van der Waals surface area contributed by atoms with E-state index in [0.717, 1.165) is 24.8 Å². The molecule has 20 heavy (non-hydrogen) atoms. The highest BCUT2D eigenvalue weighted by Gasteiger charge is 2.32. The molecule has 0 radical (unpaired) electrons. The molecule has 0 N–H and O–H groups in total. The third-order valence-electron chi connectivity index (χ3n) is 4.42. The molecule has 102 valence electrons. The molecular weight excluding hydrogens is 244 g/mol. The van der Waals surface area contributed by atoms with Crippen LogP contribution in [0.15, 0.2) is 42.5 Å². The molecule has 0 aliphatic heterocycles. The molecular formula is C19H20O. The van der Waals surface area contributed by atoms with Crippen LogP contribution in [0.25, 0.3) is 0 Å². The van der Waals surface area contributed by atoms with E-state index in [0.29, 0.717) is 0 Å². The first-order valence-corrected chi connectivity index (χ1v) is 7.48. The Balaban J connectivity index is 1.89. The third kappa shape index (κ3) is 2.07. The molecule has 0 bridgehead atoms. The van der Waals surface area contributed by atoms with Crippen LogP contribution in [0.2, 0.25) is 0 Å². The zero-order valence-corrected chi connectivity index (χ0v) is 12.1. The van der Waals surface area contributed by atoms with Crippen molar-refractivity contribution >= 4 is 5.78 Å². The summed E-state index contributed by atoms with van der Waals surface area (Å²) in [4.78, 5) is 12.7. The average molecular weight is 264 g/mol. The van der Waals surface area contributed by atoms with Gasteiger partial charge in [-0.25, -0.2) is 0 Å². The lowest BCUT2D eigenvalue weighted by molar-refractivity contribution is 0.0949. The van der Waals surface area contributed by atoms with Crippen LogP contribution < -0.4 is 0 Å². The summed E-state index contributed by atoms with van der Waals surface area (Å²) in [7, 11) is 0. The largest absolute Gasteiger partial charge is 0.293 e. The summed E-state index contributed by atoms with van der Waals surface area (Å²) in [5.74, 6) is 0.351. The van der Waals surface area contributed by atoms with Crippen molar-refractivity contribution in [2.45, 2.75) is 39.0 Å². The number of benzene rings is 2. The van der Waals surface area contributed by atoms with Crippen molar-refractivity contribution < 1.29 is 4.79 Å². The van der Waals surface area contributed by atoms with Gasteiger partial charge in [-0.15, -0.1) is 0 Å². The van der Waals surface area contributed by atoms with Crippen LogP contribution in [0.5, 0.6) is 0 Å². The molecule has 1 nitrogen and oxygen atoms in total. The fourth-order valence-corrected chi connectivity index (χ4v) is 3.15. The van der Waals surface area contributed by atoms with Crippen molar-refractivity contribution in [1.82, 2.24) is 0 Å². The third-order valence-corrected chi connectivity index (χ3v) is 4.42. The zero-order chi connectivity index (χ0) is 14.1. The first-order valence-electron chi connectivity index (χ1n) is 7.48. The Kier molecular flexibility index (Phi) is 3.43. The number of carbonyl (C=O) groups is 1. The minimum Gasteiger partial charge on any atom is -0.293 e. The van der Waals surface area contributed by atoms with Crippen molar-refractivity contribution in [3.8, 4) is 0 Å². The summed E-state index contributed by atoms with van der Waals surface area (Å²) in [6, 6.07) is 14.5. The molecule has 2 aromatic rings. The van der Waals surface area contributed by atoms with E-state index in [1.54, 1.807) is 0 Å². The van der Waals surface area contributed by atoms with Gasteiger partial charge in [-0.2, -0.15) is 0 Å². The molecule has 3 rings (SSSR count). The van der Waals surface area contributed by atoms with E-state index < -0.39 is 0 Å². The standard InChI is InChI=1S/C19H20O/c1-3-13-9-10-16(11-14(13)4-2)19(20)18-12-15-7-5-6-8-17(15)18/h5-11,18H,3-4,12H2,1-2H3. The molecule has 1 aliphatic rings. The SMILES string of the molecule is CCc1ccc(C(=O)C2Cc3ccccc32)cc1CC. The Morgan fingerprint density at radius 1 is 1.05 bits per heavy atom. The average Bonchev–Trinajstić information content (AvgIpc) is 2.47. The van der Waals surface area contributed by atoms with Gasteiger partial charge in [0.25, 0.3) is 0 Å². The molecule has 0 spiro atoms. The maximum Gasteiger partial charge on any atom is 0.170 e. The number of ketones is 1. The second-order valence-corrected chi connectivity index (χ2v) is 5.51. The van der Waals surface area contributed by atoms with Crippen molar-refractivity contribution in [3.05, 3.63) is 70.3 Å². The zero-order valence-electron chi connectivity index (χ0n) is 12.1. The number of carbonyl (C=O) groups excluding carboxylic acids is 1. The number of Topliss-reactive ketones (excluding diaryl/α,β-unsaturated/α-hetero) is 1. The Hall–Kier alpha value is -1.89. The van der Waals surface area contributed by atoms with E-state index in [1.807, 2.05) is 18.2 Å². The first-order chi connectivity index (χ1) is 9.74. The second kappa shape index (κ2) is 5.24. The minimum atomic E-state index is 0.0726. The Labute approximate surface area is 120 Å². The Bertz CT molecular complexity index is 655. The van der Waals surface area contributed by atoms with E-state index in [4.69, 9.17) is 0 Å². The normalized spacial score (nSPS) is 16.4. The number of hydrogen-bond acceptors (Lipinski definition) is 1. The monoisotopic (exact) mass is 264 g/mol. The number of aryl methyl sites for hydroxylation is 2. The van der Waals surface area contributed by atoms with Crippen molar-refractivity contribution in [2.75, 3.05) is 0 Å². The summed E-state index contributed by atoms with van der Waals surface area (Å²) < 4.78 is 0. The molecule has 0 fully saturated rings. The van der Waals surface area contributed by atoms with Crippen LogP contribution in [0, 0.1) is 0 Å². The fraction of sp³-hybridized carbons (Fsp3) is 0.316. The molecule has 2 aromatic carbocycles. The van der Waals surface area contributed by atoms with Crippen LogP contribution in [0.1, 0.15) is 52.4 Å².